The fourth-order valence-corrected chi connectivity index (χ4v) is 4.43. The van der Waals surface area contributed by atoms with Crippen LogP contribution in [0.1, 0.15) is 18.7 Å². The van der Waals surface area contributed by atoms with E-state index in [2.05, 4.69) is 10.0 Å². The Balaban J connectivity index is 2.79. The Bertz CT molecular complexity index is 497. The highest BCUT2D eigenvalue weighted by molar-refractivity contribution is 7.91. The number of rotatable bonds is 9. The van der Waals surface area contributed by atoms with Crippen LogP contribution >= 0.6 is 11.3 Å². The quantitative estimate of drug-likeness (QED) is 0.723. The van der Waals surface area contributed by atoms with Crippen molar-refractivity contribution in [3.8, 4) is 0 Å². The number of ether oxygens (including phenoxy) is 1. The molecule has 5 nitrogen and oxygen atoms in total. The standard InChI is InChI=1S/C13H24N2O3S2/c1-10(2)12(9-18-4)15-20(16,17)13-6-5-11(19-13)7-8-14-3/h5-6,10,12,14-15H,7-9H2,1-4H3. The molecule has 116 valence electrons. The zero-order valence-electron chi connectivity index (χ0n) is 12.5. The average Bonchev–Trinajstić information content (AvgIpc) is 2.85. The summed E-state index contributed by atoms with van der Waals surface area (Å²) in [5.41, 5.74) is 0. The van der Waals surface area contributed by atoms with Crippen molar-refractivity contribution < 1.29 is 13.2 Å². The Morgan fingerprint density at radius 1 is 1.35 bits per heavy atom. The second kappa shape index (κ2) is 8.09. The summed E-state index contributed by atoms with van der Waals surface area (Å²) in [6, 6.07) is 3.33. The first-order chi connectivity index (χ1) is 9.40. The van der Waals surface area contributed by atoms with E-state index in [1.165, 1.54) is 11.3 Å². The molecule has 1 heterocycles. The Morgan fingerprint density at radius 2 is 2.05 bits per heavy atom. The SMILES string of the molecule is CNCCc1ccc(S(=O)(=O)NC(COC)C(C)C)s1. The van der Waals surface area contributed by atoms with Crippen LogP contribution in [0.15, 0.2) is 16.3 Å². The summed E-state index contributed by atoms with van der Waals surface area (Å²) in [5, 5.41) is 3.05. The highest BCUT2D eigenvalue weighted by atomic mass is 32.2. The summed E-state index contributed by atoms with van der Waals surface area (Å²) in [6.07, 6.45) is 0.836. The smallest absolute Gasteiger partial charge is 0.250 e. The van der Waals surface area contributed by atoms with Crippen molar-refractivity contribution in [3.05, 3.63) is 17.0 Å². The van der Waals surface area contributed by atoms with Crippen molar-refractivity contribution in [3.63, 3.8) is 0 Å². The van der Waals surface area contributed by atoms with Gasteiger partial charge in [-0.25, -0.2) is 13.1 Å². The van der Waals surface area contributed by atoms with Crippen LogP contribution in [0.25, 0.3) is 0 Å². The number of thiophene rings is 1. The van der Waals surface area contributed by atoms with E-state index in [9.17, 15) is 8.42 Å². The molecule has 0 saturated carbocycles. The van der Waals surface area contributed by atoms with Crippen LogP contribution in [-0.4, -0.2) is 41.8 Å². The molecule has 1 unspecified atom stereocenters. The van der Waals surface area contributed by atoms with Gasteiger partial charge in [0.15, 0.2) is 0 Å². The molecular formula is C13H24N2O3S2. The van der Waals surface area contributed by atoms with Crippen molar-refractivity contribution >= 4 is 21.4 Å². The van der Waals surface area contributed by atoms with Gasteiger partial charge in [0.2, 0.25) is 10.0 Å². The first kappa shape index (κ1) is 17.6. The molecule has 1 aromatic heterocycles. The van der Waals surface area contributed by atoms with Crippen LogP contribution in [0.5, 0.6) is 0 Å². The number of sulfonamides is 1. The van der Waals surface area contributed by atoms with Crippen molar-refractivity contribution in [2.45, 2.75) is 30.5 Å². The van der Waals surface area contributed by atoms with Crippen LogP contribution in [0, 0.1) is 5.92 Å². The minimum Gasteiger partial charge on any atom is -0.383 e. The van der Waals surface area contributed by atoms with E-state index < -0.39 is 10.0 Å². The maximum atomic E-state index is 12.3. The Hall–Kier alpha value is -0.470. The molecule has 0 fully saturated rings. The first-order valence-electron chi connectivity index (χ1n) is 6.65. The molecule has 0 aliphatic carbocycles. The maximum Gasteiger partial charge on any atom is 0.250 e. The molecule has 1 aromatic rings. The van der Waals surface area contributed by atoms with Gasteiger partial charge in [-0.2, -0.15) is 0 Å². The lowest BCUT2D eigenvalue weighted by Crippen LogP contribution is -2.41. The number of nitrogens with one attached hydrogen (secondary N) is 2. The normalized spacial score (nSPS) is 13.8. The molecule has 2 N–H and O–H groups in total. The van der Waals surface area contributed by atoms with Gasteiger partial charge in [-0.3, -0.25) is 0 Å². The zero-order chi connectivity index (χ0) is 15.2. The second-order valence-electron chi connectivity index (χ2n) is 5.00. The molecular weight excluding hydrogens is 296 g/mol. The van der Waals surface area contributed by atoms with Gasteiger partial charge in [0, 0.05) is 18.0 Å². The molecule has 0 aromatic carbocycles. The van der Waals surface area contributed by atoms with E-state index in [0.29, 0.717) is 10.8 Å². The van der Waals surface area contributed by atoms with Crippen LogP contribution in [0.3, 0.4) is 0 Å². The topological polar surface area (TPSA) is 67.4 Å². The van der Waals surface area contributed by atoms with E-state index in [0.717, 1.165) is 17.8 Å². The summed E-state index contributed by atoms with van der Waals surface area (Å²) in [5.74, 6) is 0.174. The third kappa shape index (κ3) is 5.14. The summed E-state index contributed by atoms with van der Waals surface area (Å²) in [4.78, 5) is 1.06. The number of hydrogen-bond donors (Lipinski definition) is 2. The molecule has 1 rings (SSSR count). The fraction of sp³-hybridized carbons (Fsp3) is 0.692. The third-order valence-electron chi connectivity index (χ3n) is 2.98. The average molecular weight is 320 g/mol. The van der Waals surface area contributed by atoms with Gasteiger partial charge < -0.3 is 10.1 Å². The van der Waals surface area contributed by atoms with Gasteiger partial charge in [0.05, 0.1) is 6.61 Å². The highest BCUT2D eigenvalue weighted by Crippen LogP contribution is 2.22. The minimum atomic E-state index is -3.46. The van der Waals surface area contributed by atoms with Crippen molar-refractivity contribution in [2.24, 2.45) is 5.92 Å². The molecule has 0 aliphatic heterocycles. The van der Waals surface area contributed by atoms with E-state index >= 15 is 0 Å². The molecule has 0 bridgehead atoms. The van der Waals surface area contributed by atoms with Crippen molar-refractivity contribution in [2.75, 3.05) is 27.3 Å². The second-order valence-corrected chi connectivity index (χ2v) is 8.11. The number of likely N-dealkylation sites (N-methyl/N-ethyl adjacent to an activating group) is 1. The van der Waals surface area contributed by atoms with E-state index in [1.54, 1.807) is 13.2 Å². The largest absolute Gasteiger partial charge is 0.383 e. The Morgan fingerprint density at radius 3 is 2.60 bits per heavy atom. The molecule has 0 amide bonds. The molecule has 7 heteroatoms. The number of hydrogen-bond acceptors (Lipinski definition) is 5. The van der Waals surface area contributed by atoms with Crippen LogP contribution in [-0.2, 0) is 21.2 Å². The van der Waals surface area contributed by atoms with Gasteiger partial charge in [-0.05, 0) is 38.1 Å². The first-order valence-corrected chi connectivity index (χ1v) is 8.95. The third-order valence-corrected chi connectivity index (χ3v) is 6.11. The summed E-state index contributed by atoms with van der Waals surface area (Å²) < 4.78 is 32.8. The summed E-state index contributed by atoms with van der Waals surface area (Å²) in [6.45, 7) is 5.15. The summed E-state index contributed by atoms with van der Waals surface area (Å²) >= 11 is 1.32. The minimum absolute atomic E-state index is 0.174. The van der Waals surface area contributed by atoms with E-state index in [-0.39, 0.29) is 12.0 Å². The molecule has 0 spiro atoms. The van der Waals surface area contributed by atoms with Crippen LogP contribution in [0.4, 0.5) is 0 Å². The van der Waals surface area contributed by atoms with E-state index in [1.807, 2.05) is 27.0 Å². The zero-order valence-corrected chi connectivity index (χ0v) is 14.1. The van der Waals surface area contributed by atoms with Gasteiger partial charge >= 0.3 is 0 Å². The molecule has 0 saturated heterocycles. The lowest BCUT2D eigenvalue weighted by molar-refractivity contribution is 0.157. The van der Waals surface area contributed by atoms with E-state index in [4.69, 9.17) is 4.74 Å². The molecule has 20 heavy (non-hydrogen) atoms. The van der Waals surface area contributed by atoms with Gasteiger partial charge in [0.25, 0.3) is 0 Å². The fourth-order valence-electron chi connectivity index (χ4n) is 1.68. The van der Waals surface area contributed by atoms with Crippen LogP contribution in [0.2, 0.25) is 0 Å². The van der Waals surface area contributed by atoms with Crippen LogP contribution < -0.4 is 10.0 Å². The predicted molar refractivity (Wildman–Crippen MR) is 82.8 cm³/mol. The molecule has 0 aliphatic rings. The van der Waals surface area contributed by atoms with Crippen molar-refractivity contribution in [1.29, 1.82) is 0 Å². The maximum absolute atomic E-state index is 12.3. The summed E-state index contributed by atoms with van der Waals surface area (Å²) in [7, 11) is -0.00896. The Kier molecular flexibility index (Phi) is 7.11. The van der Waals surface area contributed by atoms with Crippen molar-refractivity contribution in [1.82, 2.24) is 10.0 Å². The van der Waals surface area contributed by atoms with Gasteiger partial charge in [-0.1, -0.05) is 13.8 Å². The lowest BCUT2D eigenvalue weighted by Gasteiger charge is -2.20. The molecule has 0 radical (unpaired) electrons. The lowest BCUT2D eigenvalue weighted by atomic mass is 10.1. The monoisotopic (exact) mass is 320 g/mol. The van der Waals surface area contributed by atoms with Gasteiger partial charge in [0.1, 0.15) is 4.21 Å². The highest BCUT2D eigenvalue weighted by Gasteiger charge is 2.23. The Labute approximate surface area is 125 Å². The van der Waals surface area contributed by atoms with Gasteiger partial charge in [-0.15, -0.1) is 11.3 Å². The molecule has 1 atom stereocenters. The predicted octanol–water partition coefficient (Wildman–Crippen LogP) is 1.46. The number of methoxy groups -OCH3 is 1.